The average Bonchev–Trinajstić information content (AvgIpc) is 3.40. The lowest BCUT2D eigenvalue weighted by atomic mass is 10.1. The highest BCUT2D eigenvalue weighted by atomic mass is 16.4. The second kappa shape index (κ2) is 6.79. The van der Waals surface area contributed by atoms with E-state index in [1.165, 1.54) is 12.8 Å². The molecule has 24 heavy (non-hydrogen) atoms. The SMILES string of the molecule is O=C(CCc1nnc(C2CCCC2)o1)N1CCC[C@H]1c1ccc[nH]1. The van der Waals surface area contributed by atoms with E-state index in [4.69, 9.17) is 4.42 Å². The minimum absolute atomic E-state index is 0.174. The van der Waals surface area contributed by atoms with Crippen molar-refractivity contribution in [3.63, 3.8) is 0 Å². The number of aromatic nitrogens is 3. The number of H-pyrrole nitrogens is 1. The Hall–Kier alpha value is -2.11. The topological polar surface area (TPSA) is 75.0 Å². The number of carbonyl (C=O) groups excluding carboxylic acids is 1. The van der Waals surface area contributed by atoms with E-state index < -0.39 is 0 Å². The molecule has 2 aliphatic rings. The Balaban J connectivity index is 1.34. The van der Waals surface area contributed by atoms with Gasteiger partial charge in [0.15, 0.2) is 0 Å². The summed E-state index contributed by atoms with van der Waals surface area (Å²) in [6.45, 7) is 0.833. The lowest BCUT2D eigenvalue weighted by molar-refractivity contribution is -0.132. The summed E-state index contributed by atoms with van der Waals surface area (Å²) in [6.07, 6.45) is 9.75. The zero-order valence-electron chi connectivity index (χ0n) is 13.9. The molecule has 6 heteroatoms. The minimum Gasteiger partial charge on any atom is -0.425 e. The van der Waals surface area contributed by atoms with Crippen LogP contribution < -0.4 is 0 Å². The molecule has 2 fully saturated rings. The van der Waals surface area contributed by atoms with E-state index in [-0.39, 0.29) is 11.9 Å². The number of likely N-dealkylation sites (tertiary alicyclic amines) is 1. The number of nitrogens with zero attached hydrogens (tertiary/aromatic N) is 3. The normalized spacial score (nSPS) is 21.7. The van der Waals surface area contributed by atoms with Crippen molar-refractivity contribution in [2.45, 2.75) is 63.3 Å². The van der Waals surface area contributed by atoms with E-state index in [2.05, 4.69) is 21.2 Å². The highest BCUT2D eigenvalue weighted by molar-refractivity contribution is 5.77. The molecule has 3 heterocycles. The predicted molar refractivity (Wildman–Crippen MR) is 88.3 cm³/mol. The molecule has 1 aliphatic heterocycles. The van der Waals surface area contributed by atoms with E-state index in [9.17, 15) is 4.79 Å². The Morgan fingerprint density at radius 2 is 2.12 bits per heavy atom. The van der Waals surface area contributed by atoms with Crippen LogP contribution in [0.4, 0.5) is 0 Å². The molecule has 0 spiro atoms. The number of hydrogen-bond donors (Lipinski definition) is 1. The van der Waals surface area contributed by atoms with Gasteiger partial charge < -0.3 is 14.3 Å². The molecule has 0 aromatic carbocycles. The molecule has 6 nitrogen and oxygen atoms in total. The van der Waals surface area contributed by atoms with E-state index in [0.717, 1.165) is 43.8 Å². The van der Waals surface area contributed by atoms with Crippen molar-refractivity contribution in [3.05, 3.63) is 35.8 Å². The van der Waals surface area contributed by atoms with Crippen LogP contribution in [-0.4, -0.2) is 32.5 Å². The van der Waals surface area contributed by atoms with Gasteiger partial charge in [-0.25, -0.2) is 0 Å². The Kier molecular flexibility index (Phi) is 4.36. The fourth-order valence-corrected chi connectivity index (χ4v) is 4.00. The Morgan fingerprint density at radius 1 is 1.25 bits per heavy atom. The summed E-state index contributed by atoms with van der Waals surface area (Å²) >= 11 is 0. The van der Waals surface area contributed by atoms with Crippen LogP contribution >= 0.6 is 0 Å². The summed E-state index contributed by atoms with van der Waals surface area (Å²) in [7, 11) is 0. The lowest BCUT2D eigenvalue weighted by Gasteiger charge is -2.23. The largest absolute Gasteiger partial charge is 0.425 e. The Bertz CT molecular complexity index is 673. The first kappa shape index (κ1) is 15.4. The molecule has 1 N–H and O–H groups in total. The predicted octanol–water partition coefficient (Wildman–Crippen LogP) is 3.35. The molecule has 2 aromatic rings. The van der Waals surface area contributed by atoms with Crippen molar-refractivity contribution < 1.29 is 9.21 Å². The van der Waals surface area contributed by atoms with Gasteiger partial charge in [0.25, 0.3) is 0 Å². The quantitative estimate of drug-likeness (QED) is 0.913. The number of aryl methyl sites for hydroxylation is 1. The maximum atomic E-state index is 12.6. The number of rotatable bonds is 5. The van der Waals surface area contributed by atoms with E-state index in [0.29, 0.717) is 24.7 Å². The molecule has 1 saturated heterocycles. The minimum atomic E-state index is 0.174. The van der Waals surface area contributed by atoms with Crippen LogP contribution in [-0.2, 0) is 11.2 Å². The summed E-state index contributed by atoms with van der Waals surface area (Å²) in [5, 5.41) is 8.32. The molecule has 2 aromatic heterocycles. The molecule has 1 saturated carbocycles. The zero-order valence-corrected chi connectivity index (χ0v) is 13.9. The van der Waals surface area contributed by atoms with Gasteiger partial charge in [0.2, 0.25) is 17.7 Å². The molecular formula is C18H24N4O2. The number of nitrogens with one attached hydrogen (secondary N) is 1. The van der Waals surface area contributed by atoms with Gasteiger partial charge in [-0.3, -0.25) is 4.79 Å². The van der Waals surface area contributed by atoms with Crippen molar-refractivity contribution in [1.29, 1.82) is 0 Å². The van der Waals surface area contributed by atoms with Gasteiger partial charge in [0.1, 0.15) is 0 Å². The van der Waals surface area contributed by atoms with Crippen molar-refractivity contribution in [2.24, 2.45) is 0 Å². The number of carbonyl (C=O) groups is 1. The van der Waals surface area contributed by atoms with Crippen LogP contribution in [0.1, 0.15) is 74.4 Å². The fourth-order valence-electron chi connectivity index (χ4n) is 4.00. The molecule has 128 valence electrons. The average molecular weight is 328 g/mol. The van der Waals surface area contributed by atoms with Crippen molar-refractivity contribution in [2.75, 3.05) is 6.54 Å². The summed E-state index contributed by atoms with van der Waals surface area (Å²) in [5.41, 5.74) is 1.13. The van der Waals surface area contributed by atoms with E-state index in [1.807, 2.05) is 17.2 Å². The highest BCUT2D eigenvalue weighted by Crippen LogP contribution is 2.34. The Labute approximate surface area is 141 Å². The summed E-state index contributed by atoms with van der Waals surface area (Å²) in [5.74, 6) is 1.96. The first-order chi connectivity index (χ1) is 11.8. The summed E-state index contributed by atoms with van der Waals surface area (Å²) in [4.78, 5) is 17.8. The number of amides is 1. The Morgan fingerprint density at radius 3 is 2.92 bits per heavy atom. The van der Waals surface area contributed by atoms with Gasteiger partial charge >= 0.3 is 0 Å². The molecule has 1 atom stereocenters. The maximum Gasteiger partial charge on any atom is 0.223 e. The highest BCUT2D eigenvalue weighted by Gasteiger charge is 2.30. The fraction of sp³-hybridized carbons (Fsp3) is 0.611. The van der Waals surface area contributed by atoms with Gasteiger partial charge in [-0.05, 0) is 37.8 Å². The van der Waals surface area contributed by atoms with E-state index >= 15 is 0 Å². The smallest absolute Gasteiger partial charge is 0.223 e. The summed E-state index contributed by atoms with van der Waals surface area (Å²) < 4.78 is 5.78. The maximum absolute atomic E-state index is 12.6. The second-order valence-electron chi connectivity index (χ2n) is 6.89. The van der Waals surface area contributed by atoms with Crippen molar-refractivity contribution >= 4 is 5.91 Å². The van der Waals surface area contributed by atoms with Crippen LogP contribution in [0.15, 0.2) is 22.7 Å². The van der Waals surface area contributed by atoms with Gasteiger partial charge in [0, 0.05) is 37.2 Å². The third kappa shape index (κ3) is 3.09. The third-order valence-electron chi connectivity index (χ3n) is 5.29. The van der Waals surface area contributed by atoms with Crippen LogP contribution in [0.5, 0.6) is 0 Å². The van der Waals surface area contributed by atoms with Gasteiger partial charge in [-0.1, -0.05) is 12.8 Å². The monoisotopic (exact) mass is 328 g/mol. The lowest BCUT2D eigenvalue weighted by Crippen LogP contribution is -2.30. The first-order valence-electron chi connectivity index (χ1n) is 9.06. The molecular weight excluding hydrogens is 304 g/mol. The van der Waals surface area contributed by atoms with Crippen LogP contribution in [0.25, 0.3) is 0 Å². The standard InChI is InChI=1S/C18H24N4O2/c23-17(22-12-4-8-15(22)14-7-3-11-19-14)10-9-16-20-21-18(24-16)13-5-1-2-6-13/h3,7,11,13,15,19H,1-2,4-6,8-10,12H2/t15-/m0/s1. The van der Waals surface area contributed by atoms with Crippen LogP contribution in [0, 0.1) is 0 Å². The molecule has 4 rings (SSSR count). The van der Waals surface area contributed by atoms with Gasteiger partial charge in [-0.15, -0.1) is 10.2 Å². The van der Waals surface area contributed by atoms with Crippen molar-refractivity contribution in [1.82, 2.24) is 20.1 Å². The van der Waals surface area contributed by atoms with Crippen molar-refractivity contribution in [3.8, 4) is 0 Å². The molecule has 0 bridgehead atoms. The number of hydrogen-bond acceptors (Lipinski definition) is 4. The van der Waals surface area contributed by atoms with Gasteiger partial charge in [-0.2, -0.15) is 0 Å². The molecule has 0 unspecified atom stereocenters. The molecule has 1 aliphatic carbocycles. The van der Waals surface area contributed by atoms with E-state index in [1.54, 1.807) is 0 Å². The van der Waals surface area contributed by atoms with Gasteiger partial charge in [0.05, 0.1) is 6.04 Å². The van der Waals surface area contributed by atoms with Crippen LogP contribution in [0.2, 0.25) is 0 Å². The second-order valence-corrected chi connectivity index (χ2v) is 6.89. The number of aromatic amines is 1. The zero-order chi connectivity index (χ0) is 16.4. The summed E-state index contributed by atoms with van der Waals surface area (Å²) in [6, 6.07) is 4.23. The first-order valence-corrected chi connectivity index (χ1v) is 9.06. The molecule has 1 amide bonds. The van der Waals surface area contributed by atoms with Crippen LogP contribution in [0.3, 0.4) is 0 Å². The molecule has 0 radical (unpaired) electrons. The third-order valence-corrected chi connectivity index (χ3v) is 5.29.